The summed E-state index contributed by atoms with van der Waals surface area (Å²) in [6.07, 6.45) is 0.511. The second kappa shape index (κ2) is 6.21. The molecule has 80 valence electrons. The fourth-order valence-electron chi connectivity index (χ4n) is 1.66. The van der Waals surface area contributed by atoms with Gasteiger partial charge in [0, 0.05) is 6.54 Å². The van der Waals surface area contributed by atoms with Gasteiger partial charge in [0.15, 0.2) is 0 Å². The van der Waals surface area contributed by atoms with Crippen LogP contribution in [0.15, 0.2) is 24.3 Å². The lowest BCUT2D eigenvalue weighted by Crippen LogP contribution is -2.22. The van der Waals surface area contributed by atoms with Crippen molar-refractivity contribution in [3.05, 3.63) is 35.4 Å². The zero-order valence-corrected chi connectivity index (χ0v) is 9.53. The number of nitrogens with zero attached hydrogens (tertiary/aromatic N) is 2. The predicted octanol–water partition coefficient (Wildman–Crippen LogP) is 2.59. The molecule has 1 aromatic rings. The summed E-state index contributed by atoms with van der Waals surface area (Å²) in [5.74, 6) is 0. The molecule has 2 nitrogen and oxygen atoms in total. The van der Waals surface area contributed by atoms with Crippen LogP contribution >= 0.6 is 0 Å². The molecular weight excluding hydrogens is 184 g/mol. The van der Waals surface area contributed by atoms with Gasteiger partial charge in [0.25, 0.3) is 0 Å². The molecule has 0 aliphatic carbocycles. The number of nitriles is 1. The zero-order chi connectivity index (χ0) is 11.1. The largest absolute Gasteiger partial charge is 0.300 e. The Hall–Kier alpha value is -1.33. The molecular formula is C13H18N2. The summed E-state index contributed by atoms with van der Waals surface area (Å²) in [7, 11) is 0. The van der Waals surface area contributed by atoms with E-state index >= 15 is 0 Å². The molecule has 15 heavy (non-hydrogen) atoms. The maximum absolute atomic E-state index is 8.73. The van der Waals surface area contributed by atoms with E-state index in [1.54, 1.807) is 0 Å². The number of rotatable bonds is 5. The minimum atomic E-state index is 0.511. The van der Waals surface area contributed by atoms with E-state index in [0.717, 1.165) is 25.2 Å². The van der Waals surface area contributed by atoms with E-state index in [-0.39, 0.29) is 0 Å². The highest BCUT2D eigenvalue weighted by molar-refractivity contribution is 5.29. The average Bonchev–Trinajstić information content (AvgIpc) is 2.28. The first-order valence-corrected chi connectivity index (χ1v) is 5.47. The molecule has 0 bridgehead atoms. The van der Waals surface area contributed by atoms with E-state index in [1.807, 2.05) is 18.2 Å². The van der Waals surface area contributed by atoms with Crippen LogP contribution in [0.2, 0.25) is 0 Å². The molecule has 0 saturated heterocycles. The molecule has 0 saturated carbocycles. The molecule has 0 amide bonds. The second-order valence-corrected chi connectivity index (χ2v) is 3.56. The van der Waals surface area contributed by atoms with Gasteiger partial charge < -0.3 is 0 Å². The molecule has 1 rings (SSSR count). The van der Waals surface area contributed by atoms with Crippen LogP contribution in [0.3, 0.4) is 0 Å². The Kier molecular flexibility index (Phi) is 4.86. The third-order valence-electron chi connectivity index (χ3n) is 2.68. The third-order valence-corrected chi connectivity index (χ3v) is 2.68. The van der Waals surface area contributed by atoms with E-state index in [0.29, 0.717) is 6.42 Å². The fourth-order valence-corrected chi connectivity index (χ4v) is 1.66. The average molecular weight is 202 g/mol. The first kappa shape index (κ1) is 11.7. The van der Waals surface area contributed by atoms with Crippen LogP contribution in [0.4, 0.5) is 0 Å². The van der Waals surface area contributed by atoms with Crippen molar-refractivity contribution in [1.82, 2.24) is 4.90 Å². The lowest BCUT2D eigenvalue weighted by atomic mass is 10.0. The van der Waals surface area contributed by atoms with Crippen molar-refractivity contribution in [2.75, 3.05) is 13.1 Å². The summed E-state index contributed by atoms with van der Waals surface area (Å²) in [5.41, 5.74) is 2.44. The Labute approximate surface area is 92.1 Å². The smallest absolute Gasteiger partial charge is 0.0669 e. The first-order chi connectivity index (χ1) is 7.31. The minimum Gasteiger partial charge on any atom is -0.300 e. The monoisotopic (exact) mass is 202 g/mol. The van der Waals surface area contributed by atoms with Gasteiger partial charge in [-0.3, -0.25) is 4.90 Å². The van der Waals surface area contributed by atoms with Crippen LogP contribution in [-0.2, 0) is 13.0 Å². The molecule has 0 N–H and O–H groups in total. The quantitative estimate of drug-likeness (QED) is 0.733. The van der Waals surface area contributed by atoms with Gasteiger partial charge in [-0.1, -0.05) is 38.1 Å². The van der Waals surface area contributed by atoms with Crippen molar-refractivity contribution in [1.29, 1.82) is 5.26 Å². The number of benzene rings is 1. The summed E-state index contributed by atoms with van der Waals surface area (Å²) in [5, 5.41) is 8.73. The SMILES string of the molecule is CCN(CC)Cc1ccccc1CC#N. The van der Waals surface area contributed by atoms with Crippen LogP contribution in [0.5, 0.6) is 0 Å². The van der Waals surface area contributed by atoms with Crippen molar-refractivity contribution >= 4 is 0 Å². The van der Waals surface area contributed by atoms with Crippen LogP contribution in [0.1, 0.15) is 25.0 Å². The van der Waals surface area contributed by atoms with E-state index in [4.69, 9.17) is 5.26 Å². The maximum Gasteiger partial charge on any atom is 0.0669 e. The summed E-state index contributed by atoms with van der Waals surface area (Å²) in [6, 6.07) is 10.4. The summed E-state index contributed by atoms with van der Waals surface area (Å²) in [4.78, 5) is 2.36. The normalized spacial score (nSPS) is 10.3. The second-order valence-electron chi connectivity index (χ2n) is 3.56. The molecule has 0 fully saturated rings. The van der Waals surface area contributed by atoms with E-state index in [9.17, 15) is 0 Å². The van der Waals surface area contributed by atoms with E-state index in [1.165, 1.54) is 5.56 Å². The maximum atomic E-state index is 8.73. The minimum absolute atomic E-state index is 0.511. The van der Waals surface area contributed by atoms with Gasteiger partial charge in [0.1, 0.15) is 0 Å². The van der Waals surface area contributed by atoms with E-state index in [2.05, 4.69) is 30.9 Å². The highest BCUT2D eigenvalue weighted by Crippen LogP contribution is 2.11. The van der Waals surface area contributed by atoms with Crippen molar-refractivity contribution < 1.29 is 0 Å². The number of hydrogen-bond acceptors (Lipinski definition) is 2. The summed E-state index contributed by atoms with van der Waals surface area (Å²) >= 11 is 0. The van der Waals surface area contributed by atoms with Crippen LogP contribution in [-0.4, -0.2) is 18.0 Å². The highest BCUT2D eigenvalue weighted by atomic mass is 15.1. The van der Waals surface area contributed by atoms with Crippen molar-refractivity contribution in [3.63, 3.8) is 0 Å². The van der Waals surface area contributed by atoms with Gasteiger partial charge in [0.2, 0.25) is 0 Å². The van der Waals surface area contributed by atoms with Gasteiger partial charge in [-0.05, 0) is 24.2 Å². The van der Waals surface area contributed by atoms with E-state index < -0.39 is 0 Å². The Morgan fingerprint density at radius 1 is 1.13 bits per heavy atom. The molecule has 0 aromatic heterocycles. The highest BCUT2D eigenvalue weighted by Gasteiger charge is 2.05. The standard InChI is InChI=1S/C13H18N2/c1-3-15(4-2)11-13-8-6-5-7-12(13)9-10-14/h5-8H,3-4,9,11H2,1-2H3. The van der Waals surface area contributed by atoms with Crippen LogP contribution < -0.4 is 0 Å². The third kappa shape index (κ3) is 3.38. The summed E-state index contributed by atoms with van der Waals surface area (Å²) < 4.78 is 0. The molecule has 0 aliphatic heterocycles. The Morgan fingerprint density at radius 3 is 2.27 bits per heavy atom. The molecule has 0 aliphatic rings. The molecule has 0 heterocycles. The predicted molar refractivity (Wildman–Crippen MR) is 62.4 cm³/mol. The van der Waals surface area contributed by atoms with Crippen molar-refractivity contribution in [2.45, 2.75) is 26.8 Å². The van der Waals surface area contributed by atoms with Gasteiger partial charge in [-0.15, -0.1) is 0 Å². The van der Waals surface area contributed by atoms with Crippen molar-refractivity contribution in [3.8, 4) is 6.07 Å². The number of hydrogen-bond donors (Lipinski definition) is 0. The van der Waals surface area contributed by atoms with Crippen LogP contribution in [0.25, 0.3) is 0 Å². The Bertz CT molecular complexity index is 335. The van der Waals surface area contributed by atoms with Gasteiger partial charge >= 0.3 is 0 Å². The molecule has 0 spiro atoms. The molecule has 0 radical (unpaired) electrons. The molecule has 2 heteroatoms. The van der Waals surface area contributed by atoms with Gasteiger partial charge in [-0.2, -0.15) is 5.26 Å². The van der Waals surface area contributed by atoms with Crippen molar-refractivity contribution in [2.24, 2.45) is 0 Å². The first-order valence-electron chi connectivity index (χ1n) is 5.47. The molecule has 1 aromatic carbocycles. The van der Waals surface area contributed by atoms with Gasteiger partial charge in [-0.25, -0.2) is 0 Å². The Balaban J connectivity index is 2.79. The fraction of sp³-hybridized carbons (Fsp3) is 0.462. The molecule has 0 atom stereocenters. The zero-order valence-electron chi connectivity index (χ0n) is 9.53. The lowest BCUT2D eigenvalue weighted by Gasteiger charge is -2.19. The van der Waals surface area contributed by atoms with Crippen LogP contribution in [0, 0.1) is 11.3 Å². The summed E-state index contributed by atoms with van der Waals surface area (Å²) in [6.45, 7) is 7.38. The topological polar surface area (TPSA) is 27.0 Å². The lowest BCUT2D eigenvalue weighted by molar-refractivity contribution is 0.295. The van der Waals surface area contributed by atoms with Gasteiger partial charge in [0.05, 0.1) is 12.5 Å². The molecule has 0 unspecified atom stereocenters. The Morgan fingerprint density at radius 2 is 1.73 bits per heavy atom.